The molecule has 0 bridgehead atoms. The molecule has 0 rings (SSSR count). The summed E-state index contributed by atoms with van der Waals surface area (Å²) in [5.74, 6) is 0. The maximum Gasteiger partial charge on any atom is -0.0473 e. The highest BCUT2D eigenvalue weighted by molar-refractivity contribution is 4.53. The molecule has 0 spiro atoms. The minimum absolute atomic E-state index is 1.75. The highest BCUT2D eigenvalue weighted by atomic mass is 13.3. The Bertz CT molecular complexity index is 130. The molecule has 0 radical (unpaired) electrons. The van der Waals surface area contributed by atoms with Crippen LogP contribution in [0.4, 0.5) is 0 Å². The van der Waals surface area contributed by atoms with Gasteiger partial charge in [-0.2, -0.15) is 0 Å². The van der Waals surface area contributed by atoms with Crippen molar-refractivity contribution >= 4 is 0 Å². The van der Waals surface area contributed by atoms with Gasteiger partial charge in [-0.15, -0.1) is 92.1 Å². The molecule has 26 heavy (non-hydrogen) atoms. The summed E-state index contributed by atoms with van der Waals surface area (Å²) in [5, 5.41) is 0. The summed E-state index contributed by atoms with van der Waals surface area (Å²) in [6.07, 6.45) is 10.5. The Morgan fingerprint density at radius 1 is 0.269 bits per heavy atom. The fourth-order valence-electron chi connectivity index (χ4n) is 0. The minimum atomic E-state index is 1.75. The van der Waals surface area contributed by atoms with E-state index >= 15 is 0 Å². The van der Waals surface area contributed by atoms with Gasteiger partial charge >= 0.3 is 0 Å². The predicted molar refractivity (Wildman–Crippen MR) is 140 cm³/mol. The Hall–Kier alpha value is -2.60. The summed E-state index contributed by atoms with van der Waals surface area (Å²) < 4.78 is 0. The molecule has 0 aromatic heterocycles. The van der Waals surface area contributed by atoms with Crippen LogP contribution < -0.4 is 0 Å². The molecule has 0 nitrogen and oxygen atoms in total. The zero-order valence-electron chi connectivity index (χ0n) is 19.4. The van der Waals surface area contributed by atoms with Crippen LogP contribution in [0.3, 0.4) is 0 Å². The first-order valence-corrected chi connectivity index (χ1v) is 7.91. The van der Waals surface area contributed by atoms with Gasteiger partial charge in [-0.3, -0.25) is 0 Å². The fourth-order valence-corrected chi connectivity index (χ4v) is 0. The van der Waals surface area contributed by atoms with E-state index in [9.17, 15) is 0 Å². The van der Waals surface area contributed by atoms with Crippen LogP contribution in [0.2, 0.25) is 0 Å². The molecule has 0 amide bonds. The monoisotopic (exact) mass is 364 g/mol. The zero-order valence-corrected chi connectivity index (χ0v) is 19.4. The van der Waals surface area contributed by atoms with Gasteiger partial charge in [0.1, 0.15) is 0 Å². The van der Waals surface area contributed by atoms with Crippen LogP contribution in [-0.4, -0.2) is 0 Å². The van der Waals surface area contributed by atoms with Crippen LogP contribution in [0.1, 0.15) is 41.5 Å². The first kappa shape index (κ1) is 65.4. The van der Waals surface area contributed by atoms with Crippen LogP contribution in [-0.2, 0) is 0 Å². The molecule has 0 aliphatic carbocycles. The third kappa shape index (κ3) is 1320. The Morgan fingerprint density at radius 2 is 0.269 bits per heavy atom. The average Bonchev–Trinajstić information content (AvgIpc) is 2.65. The molecule has 0 saturated carbocycles. The summed E-state index contributed by atoms with van der Waals surface area (Å²) in [5.41, 5.74) is 0. The lowest BCUT2D eigenvalue weighted by Crippen LogP contribution is -1.07. The number of allylic oxidation sites excluding steroid dienone is 6. The molecule has 0 heterocycles. The van der Waals surface area contributed by atoms with Gasteiger partial charge in [-0.1, -0.05) is 36.5 Å². The zero-order chi connectivity index (χ0) is 24.2. The third-order valence-electron chi connectivity index (χ3n) is 0. The topological polar surface area (TPSA) is 0 Å². The molecule has 0 N–H and O–H groups in total. The Kier molecular flexibility index (Phi) is 2230. The van der Waals surface area contributed by atoms with Gasteiger partial charge in [0.05, 0.1) is 0 Å². The lowest BCUT2D eigenvalue weighted by atomic mass is 10.8. The summed E-state index contributed by atoms with van der Waals surface area (Å²) in [6.45, 7) is 55.5. The normalized spacial score (nSPS) is 3.62. The largest absolute Gasteiger partial charge is 0.106 e. The Balaban J connectivity index is -0.0000000138. The molecule has 0 aliphatic rings. The Morgan fingerprint density at radius 3 is 0.269 bits per heavy atom. The molecule has 0 aliphatic heterocycles. The van der Waals surface area contributed by atoms with E-state index in [2.05, 4.69) is 92.1 Å². The second-order valence-corrected chi connectivity index (χ2v) is 2.45. The van der Waals surface area contributed by atoms with Gasteiger partial charge < -0.3 is 0 Å². The van der Waals surface area contributed by atoms with Crippen molar-refractivity contribution in [3.8, 4) is 0 Å². The van der Waals surface area contributed by atoms with Gasteiger partial charge in [0.15, 0.2) is 0 Å². The van der Waals surface area contributed by atoms with Gasteiger partial charge in [0.2, 0.25) is 0 Å². The van der Waals surface area contributed by atoms with Crippen molar-refractivity contribution in [1.82, 2.24) is 0 Å². The maximum atomic E-state index is 3.36. The van der Waals surface area contributed by atoms with Crippen molar-refractivity contribution < 1.29 is 0 Å². The van der Waals surface area contributed by atoms with Crippen molar-refractivity contribution in [2.24, 2.45) is 0 Å². The van der Waals surface area contributed by atoms with Crippen molar-refractivity contribution in [2.45, 2.75) is 41.5 Å². The highest BCUT2D eigenvalue weighted by Gasteiger charge is 1.16. The van der Waals surface area contributed by atoms with E-state index in [1.165, 1.54) is 0 Å². The van der Waals surface area contributed by atoms with E-state index in [0.29, 0.717) is 0 Å². The summed E-state index contributed by atoms with van der Waals surface area (Å²) >= 11 is 0. The first-order chi connectivity index (χ1) is 12.5. The highest BCUT2D eigenvalue weighted by Crippen LogP contribution is 1.39. The maximum absolute atomic E-state index is 3.36. The molecule has 0 fully saturated rings. The van der Waals surface area contributed by atoms with Crippen LogP contribution in [0.5, 0.6) is 0 Å². The standard InChI is InChI=1S/6C3H6.4C2H4/c6*1-3-2;4*1-2/h6*3H,1H2,2H3;4*1-2H2. The smallest absolute Gasteiger partial charge is 0.0473 e. The summed E-state index contributed by atoms with van der Waals surface area (Å²) in [4.78, 5) is 0. The number of hydrogen-bond acceptors (Lipinski definition) is 0. The summed E-state index contributed by atoms with van der Waals surface area (Å²) in [6, 6.07) is 0. The molecule has 0 aromatic carbocycles. The van der Waals surface area contributed by atoms with E-state index in [-0.39, 0.29) is 0 Å². The molecule has 0 unspecified atom stereocenters. The third-order valence-corrected chi connectivity index (χ3v) is 0. The van der Waals surface area contributed by atoms with E-state index in [4.69, 9.17) is 0 Å². The van der Waals surface area contributed by atoms with E-state index < -0.39 is 0 Å². The van der Waals surface area contributed by atoms with Crippen molar-refractivity contribution in [2.75, 3.05) is 0 Å². The quantitative estimate of drug-likeness (QED) is 0.375. The van der Waals surface area contributed by atoms with Crippen LogP contribution in [0.25, 0.3) is 0 Å². The second-order valence-electron chi connectivity index (χ2n) is 2.45. The van der Waals surface area contributed by atoms with Crippen LogP contribution in [0, 0.1) is 0 Å². The van der Waals surface area contributed by atoms with Crippen molar-refractivity contribution in [3.05, 3.63) is 129 Å². The van der Waals surface area contributed by atoms with E-state index in [0.717, 1.165) is 0 Å². The van der Waals surface area contributed by atoms with E-state index in [1.807, 2.05) is 41.5 Å². The second kappa shape index (κ2) is 887. The fraction of sp³-hybridized carbons (Fsp3) is 0.231. The molecule has 156 valence electrons. The SMILES string of the molecule is C=C.C=C.C=C.C=C.C=CC.C=CC.C=CC.C=CC.C=CC.C=CC. The molecule has 0 saturated heterocycles. The lowest BCUT2D eigenvalue weighted by Gasteiger charge is -1.31. The summed E-state index contributed by atoms with van der Waals surface area (Å²) in [7, 11) is 0. The van der Waals surface area contributed by atoms with E-state index in [1.54, 1.807) is 36.5 Å². The predicted octanol–water partition coefficient (Wildman–Crippen LogP) is 10.4. The van der Waals surface area contributed by atoms with Crippen LogP contribution >= 0.6 is 0 Å². The van der Waals surface area contributed by atoms with Gasteiger partial charge in [-0.25, -0.2) is 0 Å². The van der Waals surface area contributed by atoms with Crippen molar-refractivity contribution in [1.29, 1.82) is 0 Å². The minimum Gasteiger partial charge on any atom is -0.106 e. The van der Waals surface area contributed by atoms with Crippen LogP contribution in [0.15, 0.2) is 129 Å². The molecular weight excluding hydrogens is 312 g/mol. The van der Waals surface area contributed by atoms with Crippen molar-refractivity contribution in [3.63, 3.8) is 0 Å². The molecule has 0 atom stereocenters. The molecule has 0 aromatic rings. The number of rotatable bonds is 0. The van der Waals surface area contributed by atoms with Gasteiger partial charge in [-0.05, 0) is 41.5 Å². The number of hydrogen-bond donors (Lipinski definition) is 0. The molecular formula is C26H52. The average molecular weight is 365 g/mol. The van der Waals surface area contributed by atoms with Gasteiger partial charge in [0, 0.05) is 0 Å². The Labute approximate surface area is 170 Å². The molecule has 0 heteroatoms. The van der Waals surface area contributed by atoms with Gasteiger partial charge in [0.25, 0.3) is 0 Å². The first-order valence-electron chi connectivity index (χ1n) is 7.91. The lowest BCUT2D eigenvalue weighted by molar-refractivity contribution is 1.80.